The average molecular weight is 209 g/mol. The van der Waals surface area contributed by atoms with Crippen LogP contribution in [0.4, 0.5) is 0 Å². The number of benzene rings is 1. The fourth-order valence-electron chi connectivity index (χ4n) is 1.66. The molecule has 76 valence electrons. The Kier molecular flexibility index (Phi) is 3.11. The summed E-state index contributed by atoms with van der Waals surface area (Å²) in [6.45, 7) is 3.99. The van der Waals surface area contributed by atoms with Gasteiger partial charge in [0.2, 0.25) is 0 Å². The zero-order valence-corrected chi connectivity index (χ0v) is 9.22. The van der Waals surface area contributed by atoms with Crippen LogP contribution in [0.5, 0.6) is 0 Å². The summed E-state index contributed by atoms with van der Waals surface area (Å²) in [7, 11) is 0. The lowest BCUT2D eigenvalue weighted by Crippen LogP contribution is -2.27. The first-order valence-corrected chi connectivity index (χ1v) is 6.11. The van der Waals surface area contributed by atoms with Crippen molar-refractivity contribution in [3.05, 3.63) is 29.8 Å². The van der Waals surface area contributed by atoms with Gasteiger partial charge in [-0.1, -0.05) is 17.7 Å². The molecule has 1 aliphatic heterocycles. The van der Waals surface area contributed by atoms with Gasteiger partial charge in [0.15, 0.2) is 4.90 Å². The lowest BCUT2D eigenvalue weighted by atomic mass is 10.2. The molecular weight excluding hydrogens is 194 g/mol. The predicted molar refractivity (Wildman–Crippen MR) is 58.4 cm³/mol. The Morgan fingerprint density at radius 2 is 1.71 bits per heavy atom. The second kappa shape index (κ2) is 4.34. The highest BCUT2D eigenvalue weighted by molar-refractivity contribution is 7.89. The quantitative estimate of drug-likeness (QED) is 0.697. The Bertz CT molecular complexity index is 293. The maximum absolute atomic E-state index is 12.0. The molecule has 0 bridgehead atoms. The van der Waals surface area contributed by atoms with Crippen LogP contribution in [-0.4, -0.2) is 21.9 Å². The van der Waals surface area contributed by atoms with Gasteiger partial charge in [0.1, 0.15) is 0 Å². The standard InChI is InChI=1S/C11H15NOS/c1-10-4-6-11(7-5-10)14(13)12-8-2-3-9-12/h4-7H,2-3,8-9H2,1H3. The van der Waals surface area contributed by atoms with Gasteiger partial charge in [-0.15, -0.1) is 4.31 Å². The molecule has 2 rings (SSSR count). The molecule has 1 saturated heterocycles. The molecule has 0 amide bonds. The van der Waals surface area contributed by atoms with Gasteiger partial charge in [-0.2, -0.15) is 0 Å². The van der Waals surface area contributed by atoms with Crippen LogP contribution in [0.2, 0.25) is 0 Å². The Hall–Kier alpha value is -0.510. The van der Waals surface area contributed by atoms with E-state index in [1.54, 1.807) is 0 Å². The van der Waals surface area contributed by atoms with Crippen molar-refractivity contribution < 1.29 is 4.55 Å². The van der Waals surface area contributed by atoms with E-state index in [9.17, 15) is 4.55 Å². The van der Waals surface area contributed by atoms with Crippen LogP contribution < -0.4 is 0 Å². The molecule has 0 aromatic heterocycles. The zero-order valence-electron chi connectivity index (χ0n) is 8.40. The molecule has 1 unspecified atom stereocenters. The largest absolute Gasteiger partial charge is 0.593 e. The summed E-state index contributed by atoms with van der Waals surface area (Å²) >= 11 is -0.934. The third-order valence-electron chi connectivity index (χ3n) is 2.52. The van der Waals surface area contributed by atoms with Gasteiger partial charge in [0.25, 0.3) is 0 Å². The molecule has 1 aliphatic rings. The third-order valence-corrected chi connectivity index (χ3v) is 4.03. The highest BCUT2D eigenvalue weighted by Crippen LogP contribution is 2.20. The molecule has 2 nitrogen and oxygen atoms in total. The fourth-order valence-corrected chi connectivity index (χ4v) is 2.91. The van der Waals surface area contributed by atoms with Crippen molar-refractivity contribution in [1.82, 2.24) is 4.31 Å². The van der Waals surface area contributed by atoms with E-state index in [1.807, 2.05) is 35.5 Å². The number of rotatable bonds is 2. The summed E-state index contributed by atoms with van der Waals surface area (Å²) in [5.74, 6) is 0. The van der Waals surface area contributed by atoms with E-state index in [-0.39, 0.29) is 0 Å². The summed E-state index contributed by atoms with van der Waals surface area (Å²) in [6.07, 6.45) is 2.36. The second-order valence-corrected chi connectivity index (χ2v) is 5.18. The summed E-state index contributed by atoms with van der Waals surface area (Å²) < 4.78 is 14.0. The van der Waals surface area contributed by atoms with Gasteiger partial charge < -0.3 is 4.55 Å². The number of hydrogen-bond donors (Lipinski definition) is 0. The van der Waals surface area contributed by atoms with Crippen LogP contribution in [0.15, 0.2) is 29.2 Å². The van der Waals surface area contributed by atoms with Crippen molar-refractivity contribution in [3.63, 3.8) is 0 Å². The molecule has 14 heavy (non-hydrogen) atoms. The molecule has 0 aliphatic carbocycles. The number of aryl methyl sites for hydroxylation is 1. The van der Waals surface area contributed by atoms with Crippen molar-refractivity contribution in [2.45, 2.75) is 24.7 Å². The van der Waals surface area contributed by atoms with Crippen LogP contribution in [0.25, 0.3) is 0 Å². The lowest BCUT2D eigenvalue weighted by Gasteiger charge is -2.18. The normalized spacial score (nSPS) is 19.9. The average Bonchev–Trinajstić information content (AvgIpc) is 2.71. The summed E-state index contributed by atoms with van der Waals surface area (Å²) in [5, 5.41) is 0. The lowest BCUT2D eigenvalue weighted by molar-refractivity contribution is 0.477. The Balaban J connectivity index is 2.09. The van der Waals surface area contributed by atoms with Gasteiger partial charge in [-0.05, 0) is 31.9 Å². The monoisotopic (exact) mass is 209 g/mol. The Labute approximate surface area is 88.2 Å². The topological polar surface area (TPSA) is 26.3 Å². The first kappa shape index (κ1) is 10.0. The van der Waals surface area contributed by atoms with Gasteiger partial charge in [-0.25, -0.2) is 0 Å². The minimum absolute atomic E-state index is 0.928. The van der Waals surface area contributed by atoms with Crippen molar-refractivity contribution >= 4 is 11.4 Å². The maximum atomic E-state index is 12.0. The van der Waals surface area contributed by atoms with E-state index in [0.717, 1.165) is 18.0 Å². The highest BCUT2D eigenvalue weighted by atomic mass is 32.2. The molecule has 1 aromatic rings. The molecule has 0 spiro atoms. The second-order valence-electron chi connectivity index (χ2n) is 3.70. The molecule has 0 N–H and O–H groups in total. The highest BCUT2D eigenvalue weighted by Gasteiger charge is 2.25. The Morgan fingerprint density at radius 3 is 2.29 bits per heavy atom. The summed E-state index contributed by atoms with van der Waals surface area (Å²) in [6, 6.07) is 7.96. The molecule has 1 heterocycles. The van der Waals surface area contributed by atoms with E-state index in [2.05, 4.69) is 0 Å². The van der Waals surface area contributed by atoms with E-state index in [0.29, 0.717) is 0 Å². The molecular formula is C11H15NOS. The SMILES string of the molecule is Cc1ccc([S+]([O-])N2CCCC2)cc1. The van der Waals surface area contributed by atoms with Gasteiger partial charge in [0, 0.05) is 13.1 Å². The van der Waals surface area contributed by atoms with E-state index < -0.39 is 11.4 Å². The van der Waals surface area contributed by atoms with Crippen LogP contribution >= 0.6 is 0 Å². The number of hydrogen-bond acceptors (Lipinski definition) is 2. The van der Waals surface area contributed by atoms with Crippen LogP contribution in [0, 0.1) is 6.92 Å². The molecule has 0 saturated carbocycles. The minimum atomic E-state index is -0.934. The van der Waals surface area contributed by atoms with E-state index >= 15 is 0 Å². The van der Waals surface area contributed by atoms with Gasteiger partial charge in [-0.3, -0.25) is 0 Å². The molecule has 1 fully saturated rings. The van der Waals surface area contributed by atoms with Crippen LogP contribution in [0.3, 0.4) is 0 Å². The van der Waals surface area contributed by atoms with Gasteiger partial charge in [0.05, 0.1) is 11.4 Å². The molecule has 3 heteroatoms. The smallest absolute Gasteiger partial charge is 0.174 e. The van der Waals surface area contributed by atoms with E-state index in [4.69, 9.17) is 0 Å². The predicted octanol–water partition coefficient (Wildman–Crippen LogP) is 2.11. The van der Waals surface area contributed by atoms with Crippen molar-refractivity contribution in [2.24, 2.45) is 0 Å². The van der Waals surface area contributed by atoms with Crippen molar-refractivity contribution in [3.8, 4) is 0 Å². The molecule has 1 aromatic carbocycles. The third kappa shape index (κ3) is 2.11. The van der Waals surface area contributed by atoms with E-state index in [1.165, 1.54) is 18.4 Å². The van der Waals surface area contributed by atoms with Crippen molar-refractivity contribution in [2.75, 3.05) is 13.1 Å². The zero-order chi connectivity index (χ0) is 9.97. The first-order valence-electron chi connectivity index (χ1n) is 5.01. The number of nitrogens with zero attached hydrogens (tertiary/aromatic N) is 1. The Morgan fingerprint density at radius 1 is 1.14 bits per heavy atom. The fraction of sp³-hybridized carbons (Fsp3) is 0.455. The van der Waals surface area contributed by atoms with Crippen LogP contribution in [-0.2, 0) is 11.4 Å². The van der Waals surface area contributed by atoms with Crippen molar-refractivity contribution in [1.29, 1.82) is 0 Å². The maximum Gasteiger partial charge on any atom is 0.174 e. The first-order chi connectivity index (χ1) is 6.77. The summed E-state index contributed by atoms with van der Waals surface area (Å²) in [4.78, 5) is 0.928. The van der Waals surface area contributed by atoms with Gasteiger partial charge >= 0.3 is 0 Å². The molecule has 0 radical (unpaired) electrons. The molecule has 1 atom stereocenters. The van der Waals surface area contributed by atoms with Crippen LogP contribution in [0.1, 0.15) is 18.4 Å². The summed E-state index contributed by atoms with van der Waals surface area (Å²) in [5.41, 5.74) is 1.21. The minimum Gasteiger partial charge on any atom is -0.593 e.